The summed E-state index contributed by atoms with van der Waals surface area (Å²) >= 11 is 0. The Hall–Kier alpha value is -4.31. The minimum Gasteiger partial charge on any atom is -0.489 e. The summed E-state index contributed by atoms with van der Waals surface area (Å²) in [6, 6.07) is 13.3. The molecule has 1 atom stereocenters. The van der Waals surface area contributed by atoms with Crippen LogP contribution in [0.15, 0.2) is 54.9 Å². The monoisotopic (exact) mass is 445 g/mol. The number of amides is 1. The van der Waals surface area contributed by atoms with Crippen molar-refractivity contribution in [3.63, 3.8) is 0 Å². The van der Waals surface area contributed by atoms with E-state index in [-0.39, 0.29) is 18.1 Å². The first-order chi connectivity index (χ1) is 16.0. The fourth-order valence-corrected chi connectivity index (χ4v) is 3.73. The molecule has 10 nitrogen and oxygen atoms in total. The average Bonchev–Trinajstić information content (AvgIpc) is 3.08. The first-order valence-corrected chi connectivity index (χ1v) is 10.4. The number of rotatable bonds is 5. The molecule has 0 saturated heterocycles. The number of nitrogens with one attached hydrogen (secondary N) is 3. The van der Waals surface area contributed by atoms with E-state index in [1.165, 1.54) is 6.20 Å². The molecule has 0 spiro atoms. The van der Waals surface area contributed by atoms with Gasteiger partial charge in [0.1, 0.15) is 29.8 Å². The van der Waals surface area contributed by atoms with E-state index in [1.54, 1.807) is 6.07 Å². The fourth-order valence-electron chi connectivity index (χ4n) is 3.73. The molecular weight excluding hydrogens is 422 g/mol. The summed E-state index contributed by atoms with van der Waals surface area (Å²) in [4.78, 5) is 20.8. The van der Waals surface area contributed by atoms with Crippen LogP contribution in [0.3, 0.4) is 0 Å². The fraction of sp³-hybridized carbons (Fsp3) is 0.174. The van der Waals surface area contributed by atoms with E-state index in [9.17, 15) is 9.90 Å². The number of aliphatic hydroxyl groups excluding tert-OH is 1. The molecule has 0 aliphatic carbocycles. The molecule has 3 heterocycles. The van der Waals surface area contributed by atoms with Gasteiger partial charge in [-0.3, -0.25) is 4.79 Å². The van der Waals surface area contributed by atoms with E-state index in [1.807, 2.05) is 54.2 Å². The van der Waals surface area contributed by atoms with Crippen LogP contribution in [0.25, 0.3) is 10.9 Å². The molecule has 4 aromatic rings. The number of fused-ring (bicyclic) bond motifs is 2. The third-order valence-corrected chi connectivity index (χ3v) is 5.43. The average molecular weight is 445 g/mol. The molecule has 1 aliphatic rings. The zero-order chi connectivity index (χ0) is 22.9. The molecule has 6 N–H and O–H groups in total. The van der Waals surface area contributed by atoms with E-state index in [0.29, 0.717) is 23.8 Å². The Morgan fingerprint density at radius 1 is 1.27 bits per heavy atom. The van der Waals surface area contributed by atoms with Gasteiger partial charge in [0, 0.05) is 48.3 Å². The van der Waals surface area contributed by atoms with Gasteiger partial charge in [-0.25, -0.2) is 4.98 Å². The molecule has 0 fully saturated rings. The smallest absolute Gasteiger partial charge is 0.254 e. The Morgan fingerprint density at radius 3 is 3.00 bits per heavy atom. The molecule has 2 aromatic carbocycles. The van der Waals surface area contributed by atoms with Crippen molar-refractivity contribution in [2.24, 2.45) is 12.8 Å². The number of anilines is 5. The summed E-state index contributed by atoms with van der Waals surface area (Å²) in [6.07, 6.45) is 2.78. The lowest BCUT2D eigenvalue weighted by atomic mass is 10.2. The second-order valence-corrected chi connectivity index (χ2v) is 7.79. The first kappa shape index (κ1) is 20.6. The van der Waals surface area contributed by atoms with Gasteiger partial charge in [0.15, 0.2) is 0 Å². The van der Waals surface area contributed by atoms with Gasteiger partial charge in [-0.1, -0.05) is 6.07 Å². The molecule has 168 valence electrons. The molecule has 1 unspecified atom stereocenters. The number of carbonyl (C=O) groups excluding carboxylic acids is 1. The maximum Gasteiger partial charge on any atom is 0.254 e. The predicted octanol–water partition coefficient (Wildman–Crippen LogP) is 2.72. The molecule has 0 radical (unpaired) electrons. The van der Waals surface area contributed by atoms with Gasteiger partial charge < -0.3 is 36.1 Å². The van der Waals surface area contributed by atoms with Gasteiger partial charge in [0.05, 0.1) is 5.69 Å². The van der Waals surface area contributed by atoms with Crippen molar-refractivity contribution in [2.75, 3.05) is 29.1 Å². The Morgan fingerprint density at radius 2 is 2.15 bits per heavy atom. The van der Waals surface area contributed by atoms with Crippen molar-refractivity contribution in [2.45, 2.75) is 6.10 Å². The third kappa shape index (κ3) is 4.11. The Labute approximate surface area is 189 Å². The standard InChI is InChI=1S/C23H23N7O3/c1-30-8-7-15-17(3-2-4-19(15)30)28-22-16(21(24)32)11-26-23(29-22)27-13-5-6-20-18(9-13)25-10-14(31)12-33-20/h2-9,11,14,25,31H,10,12H2,1H3,(H2,24,32)(H2,26,27,28,29). The first-order valence-electron chi connectivity index (χ1n) is 10.4. The van der Waals surface area contributed by atoms with Crippen molar-refractivity contribution in [3.8, 4) is 5.75 Å². The van der Waals surface area contributed by atoms with E-state index in [4.69, 9.17) is 10.5 Å². The van der Waals surface area contributed by atoms with Crippen molar-refractivity contribution in [1.82, 2.24) is 14.5 Å². The van der Waals surface area contributed by atoms with Crippen LogP contribution in [0.5, 0.6) is 5.75 Å². The summed E-state index contributed by atoms with van der Waals surface area (Å²) in [6.45, 7) is 0.618. The van der Waals surface area contributed by atoms with Gasteiger partial charge in [-0.15, -0.1) is 0 Å². The summed E-state index contributed by atoms with van der Waals surface area (Å²) in [5.41, 5.74) is 9.04. The minimum absolute atomic E-state index is 0.180. The van der Waals surface area contributed by atoms with Crippen LogP contribution in [0.2, 0.25) is 0 Å². The van der Waals surface area contributed by atoms with Crippen molar-refractivity contribution < 1.29 is 14.6 Å². The lowest BCUT2D eigenvalue weighted by Crippen LogP contribution is -2.23. The Bertz CT molecular complexity index is 1350. The van der Waals surface area contributed by atoms with Crippen LogP contribution in [0.1, 0.15) is 10.4 Å². The minimum atomic E-state index is -0.630. The SMILES string of the molecule is Cn1ccc2c(Nc3nc(Nc4ccc5c(c4)NCC(O)CO5)ncc3C(N)=O)cccc21. The van der Waals surface area contributed by atoms with Gasteiger partial charge in [-0.05, 0) is 36.4 Å². The number of benzene rings is 2. The summed E-state index contributed by atoms with van der Waals surface area (Å²) < 4.78 is 7.61. The molecule has 10 heteroatoms. The molecule has 2 aromatic heterocycles. The number of hydrogen-bond donors (Lipinski definition) is 5. The molecule has 1 aliphatic heterocycles. The highest BCUT2D eigenvalue weighted by atomic mass is 16.5. The van der Waals surface area contributed by atoms with Gasteiger partial charge in [0.25, 0.3) is 5.91 Å². The maximum atomic E-state index is 12.0. The van der Waals surface area contributed by atoms with Crippen LogP contribution >= 0.6 is 0 Å². The molecule has 0 bridgehead atoms. The number of aryl methyl sites for hydroxylation is 1. The Kier molecular flexibility index (Phi) is 5.19. The quantitative estimate of drug-likeness (QED) is 0.316. The van der Waals surface area contributed by atoms with Crippen LogP contribution < -0.4 is 26.4 Å². The summed E-state index contributed by atoms with van der Waals surface area (Å²) in [5.74, 6) is 0.614. The number of ether oxygens (including phenoxy) is 1. The lowest BCUT2D eigenvalue weighted by Gasteiger charge is -2.14. The van der Waals surface area contributed by atoms with E-state index in [2.05, 4.69) is 25.9 Å². The third-order valence-electron chi connectivity index (χ3n) is 5.43. The summed E-state index contributed by atoms with van der Waals surface area (Å²) in [5, 5.41) is 20.3. The normalized spacial score (nSPS) is 15.2. The zero-order valence-corrected chi connectivity index (χ0v) is 17.9. The zero-order valence-electron chi connectivity index (χ0n) is 17.9. The topological polar surface area (TPSA) is 139 Å². The van der Waals surface area contributed by atoms with Crippen LogP contribution in [-0.2, 0) is 7.05 Å². The Balaban J connectivity index is 1.45. The predicted molar refractivity (Wildman–Crippen MR) is 126 cm³/mol. The van der Waals surface area contributed by atoms with Gasteiger partial charge >= 0.3 is 0 Å². The number of nitrogens with zero attached hydrogens (tertiary/aromatic N) is 3. The van der Waals surface area contributed by atoms with Gasteiger partial charge in [-0.2, -0.15) is 4.98 Å². The van der Waals surface area contributed by atoms with Crippen LogP contribution in [0.4, 0.5) is 28.8 Å². The lowest BCUT2D eigenvalue weighted by molar-refractivity contribution is 0.100. The number of nitrogens with two attached hydrogens (primary N) is 1. The van der Waals surface area contributed by atoms with Crippen LogP contribution in [-0.4, -0.2) is 44.8 Å². The maximum absolute atomic E-state index is 12.0. The largest absolute Gasteiger partial charge is 0.489 e. The second-order valence-electron chi connectivity index (χ2n) is 7.79. The van der Waals surface area contributed by atoms with E-state index < -0.39 is 12.0 Å². The number of β-amino-alcohol motifs (C(OH)–C–C–N with tert-alkyl or cyclic N) is 1. The van der Waals surface area contributed by atoms with Crippen LogP contribution in [0, 0.1) is 0 Å². The van der Waals surface area contributed by atoms with Gasteiger partial charge in [0.2, 0.25) is 5.95 Å². The highest BCUT2D eigenvalue weighted by molar-refractivity contribution is 6.00. The molecular formula is C23H23N7O3. The summed E-state index contributed by atoms with van der Waals surface area (Å²) in [7, 11) is 1.97. The molecule has 1 amide bonds. The molecule has 5 rings (SSSR count). The van der Waals surface area contributed by atoms with E-state index >= 15 is 0 Å². The highest BCUT2D eigenvalue weighted by Crippen LogP contribution is 2.32. The highest BCUT2D eigenvalue weighted by Gasteiger charge is 2.17. The van der Waals surface area contributed by atoms with E-state index in [0.717, 1.165) is 22.3 Å². The number of aromatic nitrogens is 3. The van der Waals surface area contributed by atoms with Crippen molar-refractivity contribution >= 4 is 45.6 Å². The molecule has 33 heavy (non-hydrogen) atoms. The number of primary amides is 1. The molecule has 0 saturated carbocycles. The van der Waals surface area contributed by atoms with Crippen molar-refractivity contribution in [1.29, 1.82) is 0 Å². The van der Waals surface area contributed by atoms with Crippen molar-refractivity contribution in [3.05, 3.63) is 60.4 Å². The number of aliphatic hydroxyl groups is 1. The number of hydrogen-bond acceptors (Lipinski definition) is 8. The number of carbonyl (C=O) groups is 1. The second kappa shape index (κ2) is 8.32.